The molecular weight excluding hydrogens is 223 g/mol. The first-order valence-corrected chi connectivity index (χ1v) is 4.35. The smallest absolute Gasteiger partial charge is 0.117 e. The molecule has 1 aliphatic rings. The second-order valence-electron chi connectivity index (χ2n) is 3.36. The third-order valence-electron chi connectivity index (χ3n) is 2.27. The van der Waals surface area contributed by atoms with Gasteiger partial charge in [-0.25, -0.2) is 0 Å². The monoisotopic (exact) mass is 238 g/mol. The van der Waals surface area contributed by atoms with Crippen LogP contribution in [0, 0.1) is 0 Å². The lowest BCUT2D eigenvalue weighted by molar-refractivity contribution is 0.294. The second-order valence-corrected chi connectivity index (χ2v) is 3.36. The minimum atomic E-state index is 0. The predicted octanol–water partition coefficient (Wildman–Crippen LogP) is 1.66. The largest absolute Gasteiger partial charge is 0.468 e. The van der Waals surface area contributed by atoms with E-state index < -0.39 is 0 Å². The van der Waals surface area contributed by atoms with Crippen molar-refractivity contribution in [2.75, 3.05) is 13.1 Å². The van der Waals surface area contributed by atoms with Gasteiger partial charge in [-0.15, -0.1) is 24.8 Å². The molecule has 0 aliphatic carbocycles. The summed E-state index contributed by atoms with van der Waals surface area (Å²) < 4.78 is 5.25. The maximum atomic E-state index is 5.78. The summed E-state index contributed by atoms with van der Waals surface area (Å²) in [6.07, 6.45) is 2.83. The number of nitrogens with zero attached hydrogens (tertiary/aromatic N) is 1. The molecule has 5 heteroatoms. The average Bonchev–Trinajstić information content (AvgIpc) is 2.63. The zero-order valence-electron chi connectivity index (χ0n) is 7.89. The van der Waals surface area contributed by atoms with E-state index in [1.807, 2.05) is 12.1 Å². The van der Waals surface area contributed by atoms with Gasteiger partial charge in [0.05, 0.1) is 12.8 Å². The Morgan fingerprint density at radius 2 is 2.29 bits per heavy atom. The molecule has 82 valence electrons. The van der Waals surface area contributed by atoms with E-state index in [-0.39, 0.29) is 24.8 Å². The van der Waals surface area contributed by atoms with E-state index in [9.17, 15) is 0 Å². The van der Waals surface area contributed by atoms with Gasteiger partial charge >= 0.3 is 0 Å². The molecule has 1 aromatic heterocycles. The van der Waals surface area contributed by atoms with E-state index in [1.165, 1.54) is 0 Å². The Morgan fingerprint density at radius 3 is 2.79 bits per heavy atom. The number of hydrogen-bond acceptors (Lipinski definition) is 3. The second kappa shape index (κ2) is 6.30. The molecule has 1 fully saturated rings. The fourth-order valence-corrected chi connectivity index (χ4v) is 1.63. The summed E-state index contributed by atoms with van der Waals surface area (Å²) >= 11 is 0. The number of nitrogens with two attached hydrogens (primary N) is 1. The summed E-state index contributed by atoms with van der Waals surface area (Å²) in [6.45, 7) is 3.00. The van der Waals surface area contributed by atoms with Crippen molar-refractivity contribution in [3.63, 3.8) is 0 Å². The van der Waals surface area contributed by atoms with Crippen LogP contribution in [-0.2, 0) is 6.54 Å². The molecule has 0 aromatic carbocycles. The molecule has 14 heavy (non-hydrogen) atoms. The highest BCUT2D eigenvalue weighted by atomic mass is 35.5. The molecule has 0 bridgehead atoms. The molecule has 3 nitrogen and oxygen atoms in total. The first kappa shape index (κ1) is 13.8. The lowest BCUT2D eigenvalue weighted by Crippen LogP contribution is -2.26. The SMILES string of the molecule is Cl.Cl.NC1CCN(Cc2ccco2)C1. The van der Waals surface area contributed by atoms with Gasteiger partial charge in [0, 0.05) is 19.1 Å². The zero-order chi connectivity index (χ0) is 8.39. The number of rotatable bonds is 2. The predicted molar refractivity (Wildman–Crippen MR) is 61.1 cm³/mol. The van der Waals surface area contributed by atoms with Gasteiger partial charge in [-0.2, -0.15) is 0 Å². The molecule has 1 atom stereocenters. The summed E-state index contributed by atoms with van der Waals surface area (Å²) in [4.78, 5) is 2.32. The first-order chi connectivity index (χ1) is 5.84. The van der Waals surface area contributed by atoms with E-state index >= 15 is 0 Å². The van der Waals surface area contributed by atoms with E-state index in [0.717, 1.165) is 31.8 Å². The molecule has 2 N–H and O–H groups in total. The fourth-order valence-electron chi connectivity index (χ4n) is 1.63. The van der Waals surface area contributed by atoms with Gasteiger partial charge < -0.3 is 10.2 Å². The van der Waals surface area contributed by atoms with Gasteiger partial charge in [-0.3, -0.25) is 4.90 Å². The molecule has 1 aliphatic heterocycles. The van der Waals surface area contributed by atoms with Crippen LogP contribution in [0.2, 0.25) is 0 Å². The van der Waals surface area contributed by atoms with Crippen LogP contribution in [0.3, 0.4) is 0 Å². The number of likely N-dealkylation sites (tertiary alicyclic amines) is 1. The summed E-state index contributed by atoms with van der Waals surface area (Å²) in [6, 6.07) is 4.29. The molecule has 2 heterocycles. The molecule has 0 spiro atoms. The summed E-state index contributed by atoms with van der Waals surface area (Å²) in [7, 11) is 0. The van der Waals surface area contributed by atoms with Crippen molar-refractivity contribution in [2.45, 2.75) is 19.0 Å². The van der Waals surface area contributed by atoms with Crippen LogP contribution in [0.5, 0.6) is 0 Å². The van der Waals surface area contributed by atoms with Crippen molar-refractivity contribution in [3.05, 3.63) is 24.2 Å². The van der Waals surface area contributed by atoms with Gasteiger partial charge in [0.15, 0.2) is 0 Å². The molecule has 2 rings (SSSR count). The maximum absolute atomic E-state index is 5.78. The van der Waals surface area contributed by atoms with Gasteiger partial charge in [-0.05, 0) is 18.6 Å². The van der Waals surface area contributed by atoms with Gasteiger partial charge in [-0.1, -0.05) is 0 Å². The Hall–Kier alpha value is -0.220. The van der Waals surface area contributed by atoms with Crippen LogP contribution >= 0.6 is 24.8 Å². The molecule has 0 radical (unpaired) electrons. The molecular formula is C9H16Cl2N2O. The van der Waals surface area contributed by atoms with Gasteiger partial charge in [0.1, 0.15) is 5.76 Å². The Balaban J connectivity index is 0.000000845. The van der Waals surface area contributed by atoms with E-state index in [4.69, 9.17) is 10.2 Å². The molecule has 1 unspecified atom stereocenters. The van der Waals surface area contributed by atoms with Crippen molar-refractivity contribution in [2.24, 2.45) is 5.73 Å². The fraction of sp³-hybridized carbons (Fsp3) is 0.556. The number of hydrogen-bond donors (Lipinski definition) is 1. The third kappa shape index (κ3) is 3.50. The Kier molecular flexibility index (Phi) is 6.20. The maximum Gasteiger partial charge on any atom is 0.117 e. The molecule has 0 saturated carbocycles. The first-order valence-electron chi connectivity index (χ1n) is 4.35. The highest BCUT2D eigenvalue weighted by Gasteiger charge is 2.19. The van der Waals surface area contributed by atoms with E-state index in [1.54, 1.807) is 6.26 Å². The minimum Gasteiger partial charge on any atom is -0.468 e. The van der Waals surface area contributed by atoms with Crippen LogP contribution in [0.15, 0.2) is 22.8 Å². The standard InChI is InChI=1S/C9H14N2O.2ClH/c10-8-3-4-11(6-8)7-9-2-1-5-12-9;;/h1-2,5,8H,3-4,6-7,10H2;2*1H. The van der Waals surface area contributed by atoms with Gasteiger partial charge in [0.25, 0.3) is 0 Å². The lowest BCUT2D eigenvalue weighted by Gasteiger charge is -2.12. The number of furan rings is 1. The van der Waals surface area contributed by atoms with Crippen LogP contribution < -0.4 is 5.73 Å². The van der Waals surface area contributed by atoms with Crippen LogP contribution in [0.4, 0.5) is 0 Å². The normalized spacial score (nSPS) is 21.4. The van der Waals surface area contributed by atoms with Crippen molar-refractivity contribution in [1.82, 2.24) is 4.90 Å². The zero-order valence-corrected chi connectivity index (χ0v) is 9.52. The van der Waals surface area contributed by atoms with Crippen LogP contribution in [0.1, 0.15) is 12.2 Å². The highest BCUT2D eigenvalue weighted by molar-refractivity contribution is 5.85. The summed E-state index contributed by atoms with van der Waals surface area (Å²) in [5.41, 5.74) is 5.78. The Labute approximate surface area is 96.5 Å². The van der Waals surface area contributed by atoms with Crippen molar-refractivity contribution in [1.29, 1.82) is 0 Å². The van der Waals surface area contributed by atoms with Crippen LogP contribution in [-0.4, -0.2) is 24.0 Å². The Morgan fingerprint density at radius 1 is 1.50 bits per heavy atom. The topological polar surface area (TPSA) is 42.4 Å². The Bertz CT molecular complexity index is 241. The highest BCUT2D eigenvalue weighted by Crippen LogP contribution is 2.11. The lowest BCUT2D eigenvalue weighted by atomic mass is 10.3. The van der Waals surface area contributed by atoms with E-state index in [2.05, 4.69) is 4.90 Å². The summed E-state index contributed by atoms with van der Waals surface area (Å²) in [5, 5.41) is 0. The number of halogens is 2. The summed E-state index contributed by atoms with van der Waals surface area (Å²) in [5.74, 6) is 1.03. The van der Waals surface area contributed by atoms with Crippen LogP contribution in [0.25, 0.3) is 0 Å². The molecule has 1 aromatic rings. The quantitative estimate of drug-likeness (QED) is 0.853. The van der Waals surface area contributed by atoms with E-state index in [0.29, 0.717) is 6.04 Å². The van der Waals surface area contributed by atoms with Crippen molar-refractivity contribution in [3.8, 4) is 0 Å². The third-order valence-corrected chi connectivity index (χ3v) is 2.27. The average molecular weight is 239 g/mol. The molecule has 1 saturated heterocycles. The van der Waals surface area contributed by atoms with Gasteiger partial charge in [0.2, 0.25) is 0 Å². The van der Waals surface area contributed by atoms with Crippen molar-refractivity contribution >= 4 is 24.8 Å². The molecule has 0 amide bonds. The van der Waals surface area contributed by atoms with Crippen molar-refractivity contribution < 1.29 is 4.42 Å². The minimum absolute atomic E-state index is 0.